The lowest BCUT2D eigenvalue weighted by Crippen LogP contribution is -2.58. The van der Waals surface area contributed by atoms with Gasteiger partial charge in [-0.1, -0.05) is 61.2 Å². The van der Waals surface area contributed by atoms with Gasteiger partial charge in [0.1, 0.15) is 12.7 Å². The molecule has 8 nitrogen and oxygen atoms in total. The number of esters is 2. The Morgan fingerprint density at radius 2 is 1.67 bits per heavy atom. The third-order valence-corrected chi connectivity index (χ3v) is 10.4. The summed E-state index contributed by atoms with van der Waals surface area (Å²) in [6, 6.07) is 1.03. The lowest BCUT2D eigenvalue weighted by Gasteiger charge is -2.52. The zero-order valence-corrected chi connectivity index (χ0v) is 27.6. The molecule has 0 aromatic carbocycles. The van der Waals surface area contributed by atoms with Gasteiger partial charge in [-0.05, 0) is 31.2 Å². The van der Waals surface area contributed by atoms with Crippen molar-refractivity contribution < 1.29 is 38.0 Å². The predicted molar refractivity (Wildman–Crippen MR) is 154 cm³/mol. The topological polar surface area (TPSA) is 89.5 Å². The van der Waals surface area contributed by atoms with E-state index in [1.807, 2.05) is 13.8 Å². The molecule has 2 heterocycles. The van der Waals surface area contributed by atoms with Gasteiger partial charge < -0.3 is 28.4 Å². The highest BCUT2D eigenvalue weighted by molar-refractivity contribution is 6.76. The Morgan fingerprint density at radius 3 is 2.21 bits per heavy atom. The van der Waals surface area contributed by atoms with E-state index in [1.54, 1.807) is 0 Å². The molecule has 2 fully saturated rings. The SMILES string of the molecule is CC[C@@H](OC(C)=O)[C@@H](C)C1O[C@](C)(O[C@@H]2C(C)[C@H](OCC[Si](C)(C)C)OC(COC(C)=O)[C@@H]2C)C[C@@H](C)C1C. The van der Waals surface area contributed by atoms with Crippen molar-refractivity contribution in [2.45, 2.75) is 137 Å². The molecule has 0 aromatic heterocycles. The van der Waals surface area contributed by atoms with Crippen molar-refractivity contribution >= 4 is 20.0 Å². The first-order chi connectivity index (χ1) is 18.0. The van der Waals surface area contributed by atoms with Crippen molar-refractivity contribution in [2.75, 3.05) is 13.2 Å². The fraction of sp³-hybridized carbons (Fsp3) is 0.933. The summed E-state index contributed by atoms with van der Waals surface area (Å²) in [7, 11) is -1.28. The molecule has 2 aliphatic heterocycles. The van der Waals surface area contributed by atoms with Crippen LogP contribution in [0.15, 0.2) is 0 Å². The van der Waals surface area contributed by atoms with Crippen molar-refractivity contribution in [2.24, 2.45) is 29.6 Å². The summed E-state index contributed by atoms with van der Waals surface area (Å²) in [6.45, 7) is 25.4. The molecule has 0 saturated carbocycles. The molecule has 39 heavy (non-hydrogen) atoms. The summed E-state index contributed by atoms with van der Waals surface area (Å²) in [5.74, 6) is -0.904. The van der Waals surface area contributed by atoms with Crippen molar-refractivity contribution in [3.05, 3.63) is 0 Å². The van der Waals surface area contributed by atoms with E-state index in [0.717, 1.165) is 18.9 Å². The van der Waals surface area contributed by atoms with Gasteiger partial charge in [-0.3, -0.25) is 9.59 Å². The summed E-state index contributed by atoms with van der Waals surface area (Å²) >= 11 is 0. The van der Waals surface area contributed by atoms with Crippen LogP contribution in [0.25, 0.3) is 0 Å². The van der Waals surface area contributed by atoms with E-state index in [2.05, 4.69) is 54.3 Å². The van der Waals surface area contributed by atoms with Gasteiger partial charge >= 0.3 is 11.9 Å². The zero-order valence-electron chi connectivity index (χ0n) is 26.6. The Morgan fingerprint density at radius 1 is 1.03 bits per heavy atom. The Balaban J connectivity index is 2.27. The van der Waals surface area contributed by atoms with E-state index in [1.165, 1.54) is 13.8 Å². The van der Waals surface area contributed by atoms with Crippen LogP contribution in [0.1, 0.15) is 75.2 Å². The number of rotatable bonds is 12. The maximum atomic E-state index is 11.8. The van der Waals surface area contributed by atoms with Crippen molar-refractivity contribution in [1.82, 2.24) is 0 Å². The Labute approximate surface area is 238 Å². The smallest absolute Gasteiger partial charge is 0.302 e. The van der Waals surface area contributed by atoms with Crippen molar-refractivity contribution in [3.8, 4) is 0 Å². The van der Waals surface area contributed by atoms with Crippen LogP contribution in [-0.2, 0) is 38.0 Å². The third-order valence-electron chi connectivity index (χ3n) is 8.65. The largest absolute Gasteiger partial charge is 0.463 e. The fourth-order valence-electron chi connectivity index (χ4n) is 6.02. The van der Waals surface area contributed by atoms with Gasteiger partial charge in [0.05, 0.1) is 18.3 Å². The van der Waals surface area contributed by atoms with Crippen LogP contribution < -0.4 is 0 Å². The van der Waals surface area contributed by atoms with E-state index in [0.29, 0.717) is 12.5 Å². The number of carbonyl (C=O) groups excluding carboxylic acids is 2. The molecule has 0 bridgehead atoms. The van der Waals surface area contributed by atoms with Crippen LogP contribution in [0.2, 0.25) is 25.7 Å². The molecule has 0 N–H and O–H groups in total. The maximum Gasteiger partial charge on any atom is 0.302 e. The van der Waals surface area contributed by atoms with Gasteiger partial charge in [-0.15, -0.1) is 0 Å². The molecule has 0 radical (unpaired) electrons. The van der Waals surface area contributed by atoms with Crippen LogP contribution in [0.5, 0.6) is 0 Å². The summed E-state index contributed by atoms with van der Waals surface area (Å²) in [5.41, 5.74) is 0. The molecule has 9 heteroatoms. The monoisotopic (exact) mass is 572 g/mol. The minimum atomic E-state index is -1.28. The Bertz CT molecular complexity index is 800. The van der Waals surface area contributed by atoms with E-state index in [-0.39, 0.29) is 66.6 Å². The first-order valence-electron chi connectivity index (χ1n) is 14.9. The maximum absolute atomic E-state index is 11.8. The Kier molecular flexibility index (Phi) is 12.5. The lowest BCUT2D eigenvalue weighted by molar-refractivity contribution is -0.356. The van der Waals surface area contributed by atoms with Crippen LogP contribution in [0, 0.1) is 29.6 Å². The minimum absolute atomic E-state index is 0.0125. The number of carbonyl (C=O) groups is 2. The highest BCUT2D eigenvalue weighted by Gasteiger charge is 2.50. The summed E-state index contributed by atoms with van der Waals surface area (Å²) in [6.07, 6.45) is 0.0779. The van der Waals surface area contributed by atoms with Gasteiger partial charge in [0.15, 0.2) is 12.1 Å². The highest BCUT2D eigenvalue weighted by Crippen LogP contribution is 2.44. The quantitative estimate of drug-likeness (QED) is 0.207. The van der Waals surface area contributed by atoms with Gasteiger partial charge in [0.25, 0.3) is 0 Å². The van der Waals surface area contributed by atoms with E-state index in [4.69, 9.17) is 28.4 Å². The van der Waals surface area contributed by atoms with Crippen LogP contribution >= 0.6 is 0 Å². The van der Waals surface area contributed by atoms with Crippen LogP contribution in [-0.4, -0.2) is 69.7 Å². The molecule has 0 aromatic rings. The zero-order chi connectivity index (χ0) is 29.7. The normalized spacial score (nSPS) is 37.1. The number of hydrogen-bond donors (Lipinski definition) is 0. The molecule has 0 spiro atoms. The molecule has 0 aliphatic carbocycles. The first kappa shape index (κ1) is 34.2. The van der Waals surface area contributed by atoms with E-state index in [9.17, 15) is 9.59 Å². The van der Waals surface area contributed by atoms with E-state index >= 15 is 0 Å². The molecule has 2 rings (SSSR count). The molecule has 2 saturated heterocycles. The molecule has 0 amide bonds. The number of hydrogen-bond acceptors (Lipinski definition) is 8. The molecule has 4 unspecified atom stereocenters. The second kappa shape index (κ2) is 14.3. The van der Waals surface area contributed by atoms with Gasteiger partial charge in [0, 0.05) is 52.7 Å². The lowest BCUT2D eigenvalue weighted by atomic mass is 9.76. The third kappa shape index (κ3) is 9.80. The van der Waals surface area contributed by atoms with Gasteiger partial charge in [-0.2, -0.15) is 0 Å². The molecular formula is C30H56O8Si. The second-order valence-corrected chi connectivity index (χ2v) is 19.1. The average Bonchev–Trinajstić information content (AvgIpc) is 2.82. The van der Waals surface area contributed by atoms with E-state index < -0.39 is 20.2 Å². The minimum Gasteiger partial charge on any atom is -0.463 e. The van der Waals surface area contributed by atoms with Crippen LogP contribution in [0.3, 0.4) is 0 Å². The van der Waals surface area contributed by atoms with Crippen LogP contribution in [0.4, 0.5) is 0 Å². The van der Waals surface area contributed by atoms with Crippen molar-refractivity contribution in [1.29, 1.82) is 0 Å². The molecule has 11 atom stereocenters. The second-order valence-electron chi connectivity index (χ2n) is 13.5. The fourth-order valence-corrected chi connectivity index (χ4v) is 6.75. The van der Waals surface area contributed by atoms with Gasteiger partial charge in [-0.25, -0.2) is 0 Å². The Hall–Kier alpha value is -1.00. The first-order valence-corrected chi connectivity index (χ1v) is 18.6. The molecule has 228 valence electrons. The average molecular weight is 573 g/mol. The predicted octanol–water partition coefficient (Wildman–Crippen LogP) is 6.04. The summed E-state index contributed by atoms with van der Waals surface area (Å²) < 4.78 is 37.4. The van der Waals surface area contributed by atoms with Gasteiger partial charge in [0.2, 0.25) is 0 Å². The molecular weight excluding hydrogens is 516 g/mol. The standard InChI is InChI=1S/C30H56O8Si/c1-13-25(35-24(8)32)20(4)27-19(3)18(2)16-30(9,37-27)38-28-21(5)26(17-34-23(7)31)36-29(22(28)6)33-14-15-39(10,11)12/h18-22,25-29H,13-17H2,1-12H3/t18-,19?,20-,21+,22?,25-,26?,27?,28+,29-,30-/m1/s1. The number of ether oxygens (including phenoxy) is 6. The molecule has 2 aliphatic rings. The summed E-state index contributed by atoms with van der Waals surface area (Å²) in [4.78, 5) is 23.4. The summed E-state index contributed by atoms with van der Waals surface area (Å²) in [5, 5.41) is 0. The van der Waals surface area contributed by atoms with Crippen molar-refractivity contribution in [3.63, 3.8) is 0 Å². The highest BCUT2D eigenvalue weighted by atomic mass is 28.3.